The van der Waals surface area contributed by atoms with Gasteiger partial charge in [0.05, 0.1) is 0 Å². The van der Waals surface area contributed by atoms with Crippen molar-refractivity contribution in [2.75, 3.05) is 23.0 Å². The van der Waals surface area contributed by atoms with E-state index in [1.54, 1.807) is 0 Å². The number of rotatable bonds is 8. The molecule has 0 aliphatic carbocycles. The summed E-state index contributed by atoms with van der Waals surface area (Å²) in [5.41, 5.74) is 5.67. The van der Waals surface area contributed by atoms with Gasteiger partial charge < -0.3 is 0 Å². The number of thiol groups is 4. The highest BCUT2D eigenvalue weighted by molar-refractivity contribution is 7.80. The van der Waals surface area contributed by atoms with Gasteiger partial charge in [-0.25, -0.2) is 0 Å². The monoisotopic (exact) mass is 630 g/mol. The van der Waals surface area contributed by atoms with Crippen LogP contribution >= 0.6 is 73.2 Å². The minimum atomic E-state index is 0.818. The summed E-state index contributed by atoms with van der Waals surface area (Å²) in [6.07, 6.45) is 3.75. The summed E-state index contributed by atoms with van der Waals surface area (Å²) in [5.74, 6) is 3.27. The SMILES string of the molecule is SCCc1c2cc3ccsc3cc2c(CCS)c2cc3c(CCS)c4cc5ccsc5cc4c(CCS)c3cc12. The predicted molar refractivity (Wildman–Crippen MR) is 197 cm³/mol. The van der Waals surface area contributed by atoms with Gasteiger partial charge in [0.2, 0.25) is 0 Å². The summed E-state index contributed by atoms with van der Waals surface area (Å²) in [6, 6.07) is 19.2. The van der Waals surface area contributed by atoms with Crippen molar-refractivity contribution in [3.05, 3.63) is 81.5 Å². The molecule has 7 aromatic rings. The molecule has 0 bridgehead atoms. The van der Waals surface area contributed by atoms with Crippen LogP contribution < -0.4 is 0 Å². The first-order chi connectivity index (χ1) is 19.7. The maximum atomic E-state index is 4.73. The van der Waals surface area contributed by atoms with Crippen molar-refractivity contribution in [1.29, 1.82) is 0 Å². The summed E-state index contributed by atoms with van der Waals surface area (Å²) in [6.45, 7) is 0. The first kappa shape index (κ1) is 27.3. The average molecular weight is 631 g/mol. The fourth-order valence-corrected chi connectivity index (χ4v) is 9.24. The van der Waals surface area contributed by atoms with Crippen LogP contribution in [0, 0.1) is 0 Å². The zero-order valence-corrected chi connectivity index (χ0v) is 27.2. The molecule has 0 N–H and O–H groups in total. The van der Waals surface area contributed by atoms with Crippen LogP contribution in [0.2, 0.25) is 0 Å². The smallest absolute Gasteiger partial charge is 0.0349 e. The normalized spacial score (nSPS) is 12.3. The molecular formula is C34H30S6. The van der Waals surface area contributed by atoms with Crippen molar-refractivity contribution < 1.29 is 0 Å². The van der Waals surface area contributed by atoms with Crippen molar-refractivity contribution >= 4 is 136 Å². The Hall–Kier alpha value is -1.54. The fraction of sp³-hybridized carbons (Fsp3) is 0.235. The average Bonchev–Trinajstić information content (AvgIpc) is 3.63. The second-order valence-electron chi connectivity index (χ2n) is 10.5. The summed E-state index contributed by atoms with van der Waals surface area (Å²) in [7, 11) is 0. The standard InChI is InChI=1S/C34H30S6/c35-7-1-21-25-13-19-5-11-39-33(19)17-31(25)23(3-9-37)29-16-28-22(2-8-36)26-14-20-6-12-40-34(20)18-32(26)24(4-10-38)30(28)15-27(21)29/h5-6,11-18,35-38H,1-4,7-10H2. The van der Waals surface area contributed by atoms with Gasteiger partial charge in [0, 0.05) is 9.40 Å². The molecule has 2 heterocycles. The molecule has 0 unspecified atom stereocenters. The van der Waals surface area contributed by atoms with E-state index in [0.29, 0.717) is 0 Å². The number of benzene rings is 5. The lowest BCUT2D eigenvalue weighted by molar-refractivity contribution is 1.17. The van der Waals surface area contributed by atoms with Crippen LogP contribution in [0.25, 0.3) is 63.3 Å². The molecule has 0 radical (unpaired) electrons. The maximum Gasteiger partial charge on any atom is 0.0349 e. The molecule has 0 atom stereocenters. The third-order valence-electron chi connectivity index (χ3n) is 8.39. The largest absolute Gasteiger partial charge is 0.179 e. The van der Waals surface area contributed by atoms with E-state index in [4.69, 9.17) is 50.5 Å². The zero-order valence-electron chi connectivity index (χ0n) is 22.0. The predicted octanol–water partition coefficient (Wildman–Crippen LogP) is 10.6. The van der Waals surface area contributed by atoms with Gasteiger partial charge in [-0.05, 0) is 184 Å². The number of hydrogen-bond donors (Lipinski definition) is 4. The van der Waals surface area contributed by atoms with Gasteiger partial charge in [-0.15, -0.1) is 22.7 Å². The molecule has 0 spiro atoms. The van der Waals surface area contributed by atoms with Gasteiger partial charge >= 0.3 is 0 Å². The molecule has 0 aliphatic rings. The quantitative estimate of drug-likeness (QED) is 0.0932. The van der Waals surface area contributed by atoms with E-state index in [2.05, 4.69) is 59.3 Å². The molecule has 0 fully saturated rings. The van der Waals surface area contributed by atoms with Gasteiger partial charge in [0.15, 0.2) is 0 Å². The third-order valence-corrected chi connectivity index (χ3v) is 11.0. The summed E-state index contributed by atoms with van der Waals surface area (Å²) in [5, 5.41) is 18.0. The lowest BCUT2D eigenvalue weighted by Gasteiger charge is -2.21. The van der Waals surface area contributed by atoms with E-state index < -0.39 is 0 Å². The Bertz CT molecular complexity index is 1770. The Labute approximate surface area is 264 Å². The van der Waals surface area contributed by atoms with E-state index in [1.807, 2.05) is 22.7 Å². The van der Waals surface area contributed by atoms with Crippen LogP contribution in [0.5, 0.6) is 0 Å². The van der Waals surface area contributed by atoms with E-state index >= 15 is 0 Å². The number of fused-ring (bicyclic) bond motifs is 6. The van der Waals surface area contributed by atoms with Crippen LogP contribution in [0.4, 0.5) is 0 Å². The van der Waals surface area contributed by atoms with Crippen LogP contribution in [-0.2, 0) is 25.7 Å². The van der Waals surface area contributed by atoms with Gasteiger partial charge in [-0.3, -0.25) is 0 Å². The molecule has 7 rings (SSSR count). The minimum absolute atomic E-state index is 0.818. The molecule has 202 valence electrons. The maximum absolute atomic E-state index is 4.73. The molecule has 2 aromatic heterocycles. The van der Waals surface area contributed by atoms with Gasteiger partial charge in [-0.2, -0.15) is 50.5 Å². The summed E-state index contributed by atoms with van der Waals surface area (Å²) in [4.78, 5) is 0. The van der Waals surface area contributed by atoms with Crippen LogP contribution in [-0.4, -0.2) is 23.0 Å². The van der Waals surface area contributed by atoms with Gasteiger partial charge in [-0.1, -0.05) is 0 Å². The van der Waals surface area contributed by atoms with Crippen molar-refractivity contribution in [2.45, 2.75) is 25.7 Å². The minimum Gasteiger partial charge on any atom is -0.179 e. The summed E-state index contributed by atoms with van der Waals surface area (Å²) >= 11 is 22.6. The Morgan fingerprint density at radius 2 is 0.700 bits per heavy atom. The molecular weight excluding hydrogens is 601 g/mol. The van der Waals surface area contributed by atoms with Gasteiger partial charge in [0.25, 0.3) is 0 Å². The first-order valence-corrected chi connectivity index (χ1v) is 18.1. The highest BCUT2D eigenvalue weighted by Crippen LogP contribution is 2.43. The van der Waals surface area contributed by atoms with Crippen molar-refractivity contribution in [3.8, 4) is 0 Å². The van der Waals surface area contributed by atoms with E-state index in [1.165, 1.54) is 85.5 Å². The summed E-state index contributed by atoms with van der Waals surface area (Å²) < 4.78 is 2.70. The Balaban J connectivity index is 1.72. The topological polar surface area (TPSA) is 0 Å². The highest BCUT2D eigenvalue weighted by atomic mass is 32.1. The lowest BCUT2D eigenvalue weighted by Crippen LogP contribution is -2.02. The second-order valence-corrected chi connectivity index (χ2v) is 14.1. The Morgan fingerprint density at radius 3 is 1.02 bits per heavy atom. The van der Waals surface area contributed by atoms with Gasteiger partial charge in [0.1, 0.15) is 0 Å². The molecule has 0 nitrogen and oxygen atoms in total. The fourth-order valence-electron chi connectivity index (χ4n) is 6.72. The number of hydrogen-bond acceptors (Lipinski definition) is 6. The van der Waals surface area contributed by atoms with Crippen molar-refractivity contribution in [3.63, 3.8) is 0 Å². The third kappa shape index (κ3) is 4.37. The molecule has 0 saturated heterocycles. The molecule has 0 saturated carbocycles. The van der Waals surface area contributed by atoms with E-state index in [0.717, 1.165) is 48.7 Å². The molecule has 5 aromatic carbocycles. The zero-order chi connectivity index (χ0) is 27.4. The molecule has 0 amide bonds. The first-order valence-electron chi connectivity index (χ1n) is 13.8. The second kappa shape index (κ2) is 11.3. The van der Waals surface area contributed by atoms with E-state index in [9.17, 15) is 0 Å². The van der Waals surface area contributed by atoms with E-state index in [-0.39, 0.29) is 0 Å². The van der Waals surface area contributed by atoms with Crippen molar-refractivity contribution in [2.24, 2.45) is 0 Å². The Kier molecular flexibility index (Phi) is 7.70. The van der Waals surface area contributed by atoms with Crippen LogP contribution in [0.15, 0.2) is 59.3 Å². The number of aryl methyl sites for hydroxylation is 4. The van der Waals surface area contributed by atoms with Crippen LogP contribution in [0.3, 0.4) is 0 Å². The highest BCUT2D eigenvalue weighted by Gasteiger charge is 2.20. The van der Waals surface area contributed by atoms with Crippen LogP contribution in [0.1, 0.15) is 22.3 Å². The molecule has 6 heteroatoms. The molecule has 40 heavy (non-hydrogen) atoms. The number of thiophene rings is 2. The lowest BCUT2D eigenvalue weighted by atomic mass is 9.83. The Morgan fingerprint density at radius 1 is 0.400 bits per heavy atom. The van der Waals surface area contributed by atoms with Crippen molar-refractivity contribution in [1.82, 2.24) is 0 Å². The molecule has 0 aliphatic heterocycles.